The molecule has 0 saturated heterocycles. The Morgan fingerprint density at radius 2 is 1.95 bits per heavy atom. The first-order valence-electron chi connectivity index (χ1n) is 7.03. The van der Waals surface area contributed by atoms with Crippen LogP contribution in [0, 0.1) is 0 Å². The van der Waals surface area contributed by atoms with Gasteiger partial charge in [0.25, 0.3) is 0 Å². The van der Waals surface area contributed by atoms with Gasteiger partial charge in [0, 0.05) is 5.82 Å². The van der Waals surface area contributed by atoms with Gasteiger partial charge in [-0.15, -0.1) is 0 Å². The fourth-order valence-corrected chi connectivity index (χ4v) is 1.89. The number of ether oxygens (including phenoxy) is 1. The molecule has 2 unspecified atom stereocenters. The monoisotopic (exact) mass is 256 g/mol. The zero-order valence-electron chi connectivity index (χ0n) is 12.1. The van der Waals surface area contributed by atoms with Crippen LogP contribution in [0.1, 0.15) is 31.1 Å². The Hall–Kier alpha value is -1.44. The second kappa shape index (κ2) is 8.63. The minimum atomic E-state index is -0.113. The van der Waals surface area contributed by atoms with E-state index < -0.39 is 0 Å². The van der Waals surface area contributed by atoms with Gasteiger partial charge >= 0.3 is 5.97 Å². The average Bonchev–Trinajstić information content (AvgIpc) is 2.46. The van der Waals surface area contributed by atoms with Gasteiger partial charge in [0.15, 0.2) is 0 Å². The Morgan fingerprint density at radius 1 is 1.26 bits per heavy atom. The largest absolute Gasteiger partial charge is 0.466 e. The lowest BCUT2D eigenvalue weighted by atomic mass is 9.63. The van der Waals surface area contributed by atoms with E-state index in [1.807, 2.05) is 26.0 Å². The molecule has 0 spiro atoms. The molecule has 1 rings (SSSR count). The number of hydrogen-bond acceptors (Lipinski definition) is 2. The maximum absolute atomic E-state index is 11.9. The van der Waals surface area contributed by atoms with Crippen molar-refractivity contribution in [3.05, 3.63) is 48.0 Å². The highest BCUT2D eigenvalue weighted by atomic mass is 16.5. The van der Waals surface area contributed by atoms with E-state index in [2.05, 4.69) is 39.1 Å². The van der Waals surface area contributed by atoms with E-state index in [0.29, 0.717) is 6.61 Å². The predicted molar refractivity (Wildman–Crippen MR) is 85.0 cm³/mol. The molecule has 0 heterocycles. The van der Waals surface area contributed by atoms with Gasteiger partial charge in [0.1, 0.15) is 15.7 Å². The molecule has 0 amide bonds. The third-order valence-corrected chi connectivity index (χ3v) is 3.38. The molecule has 0 bridgehead atoms. The Bertz CT molecular complexity index is 404. The van der Waals surface area contributed by atoms with Crippen molar-refractivity contribution in [2.45, 2.75) is 31.4 Å². The van der Waals surface area contributed by atoms with E-state index >= 15 is 0 Å². The van der Waals surface area contributed by atoms with Crippen molar-refractivity contribution in [2.75, 3.05) is 6.61 Å². The minimum Gasteiger partial charge on any atom is -0.466 e. The van der Waals surface area contributed by atoms with Crippen LogP contribution < -0.4 is 0 Å². The van der Waals surface area contributed by atoms with Crippen LogP contribution in [0.3, 0.4) is 0 Å². The third-order valence-electron chi connectivity index (χ3n) is 3.38. The van der Waals surface area contributed by atoms with Gasteiger partial charge in [-0.1, -0.05) is 55.0 Å². The van der Waals surface area contributed by atoms with Crippen LogP contribution >= 0.6 is 0 Å². The van der Waals surface area contributed by atoms with Crippen molar-refractivity contribution >= 4 is 21.7 Å². The highest BCUT2D eigenvalue weighted by Crippen LogP contribution is 2.24. The number of esters is 1. The molecule has 0 N–H and O–H groups in total. The predicted octanol–water partition coefficient (Wildman–Crippen LogP) is 1.68. The van der Waals surface area contributed by atoms with Gasteiger partial charge < -0.3 is 4.74 Å². The molecule has 100 valence electrons. The van der Waals surface area contributed by atoms with Crippen molar-refractivity contribution < 1.29 is 9.53 Å². The van der Waals surface area contributed by atoms with Crippen LogP contribution in [-0.2, 0) is 9.53 Å². The number of carbonyl (C=O) groups is 1. The lowest BCUT2D eigenvalue weighted by Gasteiger charge is -2.19. The van der Waals surface area contributed by atoms with E-state index in [4.69, 9.17) is 4.74 Å². The van der Waals surface area contributed by atoms with Crippen LogP contribution in [0.5, 0.6) is 0 Å². The molecule has 19 heavy (non-hydrogen) atoms. The molecular weight excluding hydrogens is 234 g/mol. The van der Waals surface area contributed by atoms with Gasteiger partial charge in [0.2, 0.25) is 0 Å². The van der Waals surface area contributed by atoms with Crippen molar-refractivity contribution in [3.63, 3.8) is 0 Å². The van der Waals surface area contributed by atoms with Crippen molar-refractivity contribution in [1.82, 2.24) is 0 Å². The van der Waals surface area contributed by atoms with Gasteiger partial charge in [-0.05, 0) is 18.7 Å². The molecule has 0 saturated carbocycles. The zero-order chi connectivity index (χ0) is 14.1. The first-order valence-corrected chi connectivity index (χ1v) is 7.03. The normalized spacial score (nSPS) is 14.2. The van der Waals surface area contributed by atoms with Crippen LogP contribution in [0.25, 0.3) is 0 Å². The average molecular weight is 256 g/mol. The zero-order valence-corrected chi connectivity index (χ0v) is 12.1. The summed E-state index contributed by atoms with van der Waals surface area (Å²) in [6, 6.07) is 10.1. The fourth-order valence-electron chi connectivity index (χ4n) is 1.89. The standard InChI is InChI=1S/C15H22B2O2/c1-2-3-4-8-11-19-15(18)14(17)13(16)12-9-6-5-7-10-12/h3-7,9-10,13-14H,2,8,11,16-17H2,1H3/b4-3+. The lowest BCUT2D eigenvalue weighted by molar-refractivity contribution is -0.143. The van der Waals surface area contributed by atoms with E-state index in [0.717, 1.165) is 12.8 Å². The molecule has 0 radical (unpaired) electrons. The summed E-state index contributed by atoms with van der Waals surface area (Å²) >= 11 is 0. The molecule has 0 aliphatic carbocycles. The Balaban J connectivity index is 2.42. The Kier molecular flexibility index (Phi) is 7.09. The number of rotatable bonds is 7. The number of benzene rings is 1. The van der Waals surface area contributed by atoms with E-state index in [1.54, 1.807) is 0 Å². The topological polar surface area (TPSA) is 26.3 Å². The molecule has 4 heteroatoms. The van der Waals surface area contributed by atoms with Crippen LogP contribution in [-0.4, -0.2) is 28.3 Å². The van der Waals surface area contributed by atoms with E-state index in [9.17, 15) is 4.79 Å². The summed E-state index contributed by atoms with van der Waals surface area (Å²) in [5.74, 6) is -0.0429. The summed E-state index contributed by atoms with van der Waals surface area (Å²) in [6.07, 6.45) is 5.96. The minimum absolute atomic E-state index is 0.110. The highest BCUT2D eigenvalue weighted by molar-refractivity contribution is 6.29. The Morgan fingerprint density at radius 3 is 2.58 bits per heavy atom. The third kappa shape index (κ3) is 5.37. The summed E-state index contributed by atoms with van der Waals surface area (Å²) in [5.41, 5.74) is 1.18. The summed E-state index contributed by atoms with van der Waals surface area (Å²) in [4.78, 5) is 11.9. The van der Waals surface area contributed by atoms with Gasteiger partial charge in [0.05, 0.1) is 6.61 Å². The number of allylic oxidation sites excluding steroid dienone is 1. The fraction of sp³-hybridized carbons (Fsp3) is 0.400. The van der Waals surface area contributed by atoms with Gasteiger partial charge in [-0.2, -0.15) is 0 Å². The quantitative estimate of drug-likeness (QED) is 0.321. The second-order valence-corrected chi connectivity index (χ2v) is 4.82. The second-order valence-electron chi connectivity index (χ2n) is 4.82. The molecule has 2 nitrogen and oxygen atoms in total. The van der Waals surface area contributed by atoms with Crippen molar-refractivity contribution in [3.8, 4) is 0 Å². The smallest absolute Gasteiger partial charge is 0.300 e. The lowest BCUT2D eigenvalue weighted by Crippen LogP contribution is -2.20. The summed E-state index contributed by atoms with van der Waals surface area (Å²) in [7, 11) is 4.00. The molecular formula is C15H22B2O2. The van der Waals surface area contributed by atoms with Gasteiger partial charge in [-0.3, -0.25) is 4.79 Å². The van der Waals surface area contributed by atoms with Crippen LogP contribution in [0.2, 0.25) is 5.82 Å². The maximum atomic E-state index is 11.9. The molecule has 1 aromatic carbocycles. The van der Waals surface area contributed by atoms with E-state index in [-0.39, 0.29) is 17.6 Å². The van der Waals surface area contributed by atoms with Crippen molar-refractivity contribution in [2.24, 2.45) is 0 Å². The molecule has 0 aliphatic rings. The van der Waals surface area contributed by atoms with Crippen LogP contribution in [0.4, 0.5) is 0 Å². The number of hydrogen-bond donors (Lipinski definition) is 0. The summed E-state index contributed by atoms with van der Waals surface area (Å²) in [6.45, 7) is 2.56. The summed E-state index contributed by atoms with van der Waals surface area (Å²) < 4.78 is 5.30. The molecule has 0 fully saturated rings. The van der Waals surface area contributed by atoms with Crippen molar-refractivity contribution in [1.29, 1.82) is 0 Å². The van der Waals surface area contributed by atoms with E-state index in [1.165, 1.54) is 5.56 Å². The Labute approximate surface area is 118 Å². The first kappa shape index (κ1) is 15.6. The molecule has 1 aromatic rings. The summed E-state index contributed by atoms with van der Waals surface area (Å²) in [5, 5.41) is 0. The maximum Gasteiger partial charge on any atom is 0.300 e. The molecule has 0 aromatic heterocycles. The molecule has 2 atom stereocenters. The first-order chi connectivity index (χ1) is 9.16. The molecule has 0 aliphatic heterocycles. The SMILES string of the molecule is BC(C(=O)OCC/C=C/CC)C(B)c1ccccc1. The highest BCUT2D eigenvalue weighted by Gasteiger charge is 2.22. The van der Waals surface area contributed by atoms with Gasteiger partial charge in [-0.25, -0.2) is 0 Å². The number of carbonyl (C=O) groups excluding carboxylic acids is 1. The van der Waals surface area contributed by atoms with Crippen LogP contribution in [0.15, 0.2) is 42.5 Å².